The van der Waals surface area contributed by atoms with Gasteiger partial charge in [-0.15, -0.1) is 0 Å². The monoisotopic (exact) mass is 428 g/mol. The van der Waals surface area contributed by atoms with Crippen molar-refractivity contribution in [2.24, 2.45) is 17.8 Å². The number of aliphatic hydroxyl groups excluding tert-OH is 2. The van der Waals surface area contributed by atoms with Gasteiger partial charge in [0, 0.05) is 21.8 Å². The maximum Gasteiger partial charge on any atom is 0.335 e. The average molecular weight is 428 g/mol. The molecular weight excluding hydrogens is 396 g/mol. The smallest absolute Gasteiger partial charge is 0.335 e. The number of aliphatic hydroxyl groups is 2. The van der Waals surface area contributed by atoms with Crippen molar-refractivity contribution in [1.82, 2.24) is 0 Å². The van der Waals surface area contributed by atoms with E-state index < -0.39 is 30.2 Å². The predicted octanol–water partition coefficient (Wildman–Crippen LogP) is 1.05. The molecule has 0 heterocycles. The normalized spacial score (nSPS) is 17.4. The molecule has 0 amide bonds. The lowest BCUT2D eigenvalue weighted by Gasteiger charge is -2.31. The van der Waals surface area contributed by atoms with E-state index in [0.29, 0.717) is 6.42 Å². The molecule has 0 aromatic heterocycles. The van der Waals surface area contributed by atoms with Crippen LogP contribution in [0.5, 0.6) is 5.75 Å². The molecule has 2 rings (SSSR count). The molecule has 9 heteroatoms. The minimum absolute atomic E-state index is 0. The molecule has 6 N–H and O–H groups in total. The maximum atomic E-state index is 12.6. The number of carboxylic acids is 1. The highest BCUT2D eigenvalue weighted by Crippen LogP contribution is 2.38. The van der Waals surface area contributed by atoms with Crippen LogP contribution in [0.25, 0.3) is 0 Å². The molecule has 3 unspecified atom stereocenters. The number of rotatable bonds is 10. The second-order valence-corrected chi connectivity index (χ2v) is 7.63. The molecule has 1 aliphatic rings. The molecule has 0 saturated carbocycles. The molecule has 1 aromatic carbocycles. The van der Waals surface area contributed by atoms with Crippen molar-refractivity contribution in [3.8, 4) is 5.75 Å². The van der Waals surface area contributed by atoms with Crippen LogP contribution in [0.15, 0.2) is 12.1 Å². The number of aromatic carboxylic acids is 1. The van der Waals surface area contributed by atoms with Gasteiger partial charge >= 0.3 is 5.97 Å². The second kappa shape index (κ2) is 11.0. The summed E-state index contributed by atoms with van der Waals surface area (Å²) < 4.78 is 0. The third-order valence-corrected chi connectivity index (χ3v) is 5.51. The van der Waals surface area contributed by atoms with Crippen LogP contribution in [0.2, 0.25) is 0 Å². The van der Waals surface area contributed by atoms with Gasteiger partial charge in [-0.1, -0.05) is 0 Å². The van der Waals surface area contributed by atoms with E-state index in [1.807, 2.05) is 0 Å². The first kappa shape index (κ1) is 25.4. The number of phenolic OH excluding ortho intramolecular Hbond substituents is 1. The molecule has 1 aromatic rings. The number of benzene rings is 1. The lowest BCUT2D eigenvalue weighted by atomic mass is 9.73. The summed E-state index contributed by atoms with van der Waals surface area (Å²) in [5.41, 5.74) is 0.226. The lowest BCUT2D eigenvalue weighted by molar-refractivity contribution is -0.131. The summed E-state index contributed by atoms with van der Waals surface area (Å²) in [6, 6.07) is 2.45. The van der Waals surface area contributed by atoms with Gasteiger partial charge in [0.15, 0.2) is 5.78 Å². The van der Waals surface area contributed by atoms with Gasteiger partial charge in [-0.25, -0.2) is 4.79 Å². The van der Waals surface area contributed by atoms with Gasteiger partial charge < -0.3 is 25.9 Å². The Balaban J connectivity index is 0. The van der Waals surface area contributed by atoms with Crippen LogP contribution < -0.4 is 0 Å². The Morgan fingerprint density at radius 3 is 2.40 bits per heavy atom. The number of carboxylic acid groups (broad SMARTS) is 1. The fourth-order valence-electron chi connectivity index (χ4n) is 4.22. The van der Waals surface area contributed by atoms with Crippen molar-refractivity contribution in [2.45, 2.75) is 39.0 Å². The molecule has 0 saturated heterocycles. The number of hydrogen-bond donors (Lipinski definition) is 4. The number of aromatic hydroxyl groups is 1. The van der Waals surface area contributed by atoms with Crippen LogP contribution >= 0.6 is 0 Å². The van der Waals surface area contributed by atoms with Crippen molar-refractivity contribution in [3.63, 3.8) is 0 Å². The first-order chi connectivity index (χ1) is 13.7. The summed E-state index contributed by atoms with van der Waals surface area (Å²) in [6.07, 6.45) is 0.479. The Morgan fingerprint density at radius 2 is 1.87 bits per heavy atom. The zero-order valence-electron chi connectivity index (χ0n) is 16.8. The van der Waals surface area contributed by atoms with Crippen LogP contribution in [-0.2, 0) is 16.0 Å². The van der Waals surface area contributed by atoms with E-state index >= 15 is 0 Å². The summed E-state index contributed by atoms with van der Waals surface area (Å²) in [6.45, 7) is 0.576. The number of Topliss-reactive ketones (excluding diaryl/α,β-unsaturated/α-hetero) is 3. The van der Waals surface area contributed by atoms with Crippen molar-refractivity contribution >= 4 is 23.3 Å². The molecule has 30 heavy (non-hydrogen) atoms. The molecule has 0 aliphatic heterocycles. The lowest BCUT2D eigenvalue weighted by Crippen LogP contribution is -2.32. The van der Waals surface area contributed by atoms with Crippen LogP contribution in [0.3, 0.4) is 0 Å². The van der Waals surface area contributed by atoms with Crippen molar-refractivity contribution in [1.29, 1.82) is 0 Å². The highest BCUT2D eigenvalue weighted by molar-refractivity contribution is 6.04. The average Bonchev–Trinajstić information content (AvgIpc) is 2.61. The van der Waals surface area contributed by atoms with Crippen molar-refractivity contribution < 1.29 is 47.9 Å². The number of phenols is 1. The number of fused-ring (bicyclic) bond motifs is 1. The van der Waals surface area contributed by atoms with E-state index in [9.17, 15) is 39.6 Å². The van der Waals surface area contributed by atoms with E-state index in [-0.39, 0.29) is 80.5 Å². The first-order valence-corrected chi connectivity index (χ1v) is 9.54. The third-order valence-electron chi connectivity index (χ3n) is 5.51. The molecular formula is C21H32O9. The fourth-order valence-corrected chi connectivity index (χ4v) is 4.22. The SMILES string of the molecule is CC(=O)CC(=O)C(CO)C(CCO)CC1CC(=O)c2c(O)ccc(C(=O)O)c2C1.O.[HH].[HH]. The zero-order chi connectivity index (χ0) is 21.7. The van der Waals surface area contributed by atoms with Crippen molar-refractivity contribution in [2.75, 3.05) is 13.2 Å². The van der Waals surface area contributed by atoms with Gasteiger partial charge in [0.05, 0.1) is 24.2 Å². The summed E-state index contributed by atoms with van der Waals surface area (Å²) in [5.74, 6) is -4.19. The van der Waals surface area contributed by atoms with Crippen LogP contribution in [0, 0.1) is 17.8 Å². The molecule has 0 radical (unpaired) electrons. The minimum atomic E-state index is -1.20. The van der Waals surface area contributed by atoms with Gasteiger partial charge in [-0.3, -0.25) is 14.4 Å². The van der Waals surface area contributed by atoms with E-state index in [2.05, 4.69) is 0 Å². The van der Waals surface area contributed by atoms with Crippen LogP contribution in [0.1, 0.15) is 61.7 Å². The summed E-state index contributed by atoms with van der Waals surface area (Å²) in [7, 11) is 0. The Morgan fingerprint density at radius 1 is 1.20 bits per heavy atom. The Kier molecular flexibility index (Phi) is 9.28. The van der Waals surface area contributed by atoms with E-state index in [0.717, 1.165) is 0 Å². The van der Waals surface area contributed by atoms with Gasteiger partial charge in [-0.05, 0) is 55.7 Å². The number of carbonyl (C=O) groups is 4. The quantitative estimate of drug-likeness (QED) is 0.399. The van der Waals surface area contributed by atoms with E-state index in [4.69, 9.17) is 0 Å². The summed E-state index contributed by atoms with van der Waals surface area (Å²) in [4.78, 5) is 47.8. The van der Waals surface area contributed by atoms with Gasteiger partial charge in [0.2, 0.25) is 0 Å². The summed E-state index contributed by atoms with van der Waals surface area (Å²) >= 11 is 0. The first-order valence-electron chi connectivity index (χ1n) is 9.54. The molecule has 9 nitrogen and oxygen atoms in total. The van der Waals surface area contributed by atoms with Gasteiger partial charge in [-0.2, -0.15) is 0 Å². The fraction of sp³-hybridized carbons (Fsp3) is 0.524. The predicted molar refractivity (Wildman–Crippen MR) is 110 cm³/mol. The number of hydrogen-bond acceptors (Lipinski definition) is 7. The second-order valence-electron chi connectivity index (χ2n) is 7.63. The van der Waals surface area contributed by atoms with Gasteiger partial charge in [0.1, 0.15) is 17.3 Å². The highest BCUT2D eigenvalue weighted by atomic mass is 16.4. The van der Waals surface area contributed by atoms with E-state index in [1.165, 1.54) is 19.1 Å². The molecule has 3 atom stereocenters. The zero-order valence-corrected chi connectivity index (χ0v) is 16.8. The molecule has 0 fully saturated rings. The van der Waals surface area contributed by atoms with Crippen LogP contribution in [-0.4, -0.2) is 62.4 Å². The Labute approximate surface area is 176 Å². The Hall–Kier alpha value is -2.62. The molecule has 0 bridgehead atoms. The number of carbonyl (C=O) groups excluding carboxylic acids is 3. The largest absolute Gasteiger partial charge is 0.507 e. The molecule has 170 valence electrons. The Bertz CT molecular complexity index is 826. The van der Waals surface area contributed by atoms with Gasteiger partial charge in [0.25, 0.3) is 0 Å². The topological polar surface area (TPSA) is 181 Å². The molecule has 1 aliphatic carbocycles. The van der Waals surface area contributed by atoms with Crippen LogP contribution in [0.4, 0.5) is 0 Å². The summed E-state index contributed by atoms with van der Waals surface area (Å²) in [5, 5.41) is 38.5. The van der Waals surface area contributed by atoms with Crippen molar-refractivity contribution in [3.05, 3.63) is 28.8 Å². The van der Waals surface area contributed by atoms with E-state index in [1.54, 1.807) is 0 Å². The number of ketones is 3. The molecule has 0 spiro atoms. The highest BCUT2D eigenvalue weighted by Gasteiger charge is 2.35. The standard InChI is InChI=1S/C21H26O8.H2O.2H2/c1-11(24)6-18(26)16(10-23)13(4-5-22)7-12-8-15-14(21(28)29)2-3-17(25)20(15)19(27)9-12;;;/h2-3,12-13,16,22-23,25H,4-10H2,1H3,(H,28,29);1H2;2*1H. The third kappa shape index (κ3) is 5.71. The minimum Gasteiger partial charge on any atom is -0.507 e. The maximum absolute atomic E-state index is 12.6.